The molecule has 0 radical (unpaired) electrons. The summed E-state index contributed by atoms with van der Waals surface area (Å²) in [5.41, 5.74) is 3.02. The van der Waals surface area contributed by atoms with E-state index in [9.17, 15) is 18.3 Å². The van der Waals surface area contributed by atoms with Crippen molar-refractivity contribution in [1.82, 2.24) is 9.88 Å². The molecule has 212 valence electrons. The summed E-state index contributed by atoms with van der Waals surface area (Å²) in [5.74, 6) is -0.308. The summed E-state index contributed by atoms with van der Waals surface area (Å²) in [6.45, 7) is 7.51. The Morgan fingerprint density at radius 2 is 1.46 bits per heavy atom. The van der Waals surface area contributed by atoms with Gasteiger partial charge in [-0.2, -0.15) is 0 Å². The molecule has 0 saturated heterocycles. The van der Waals surface area contributed by atoms with Crippen molar-refractivity contribution in [2.45, 2.75) is 50.8 Å². The normalized spacial score (nSPS) is 12.9. The number of anilines is 1. The van der Waals surface area contributed by atoms with Crippen LogP contribution in [0.2, 0.25) is 0 Å². The van der Waals surface area contributed by atoms with Crippen molar-refractivity contribution in [2.24, 2.45) is 0 Å². The number of nitrogens with one attached hydrogen (secondary N) is 1. The molecule has 0 saturated carbocycles. The number of para-hydroxylation sites is 2. The maximum atomic E-state index is 14.0. The number of carbonyl (C=O) groups is 1. The molecule has 8 heteroatoms. The van der Waals surface area contributed by atoms with Gasteiger partial charge in [0.1, 0.15) is 0 Å². The number of aliphatic hydroxyl groups is 1. The summed E-state index contributed by atoms with van der Waals surface area (Å²) < 4.78 is 31.3. The lowest BCUT2D eigenvalue weighted by molar-refractivity contribution is 0.0919. The van der Waals surface area contributed by atoms with E-state index in [4.69, 9.17) is 0 Å². The zero-order valence-corrected chi connectivity index (χ0v) is 24.5. The van der Waals surface area contributed by atoms with Gasteiger partial charge in [-0.1, -0.05) is 60.2 Å². The van der Waals surface area contributed by atoms with Crippen molar-refractivity contribution in [2.75, 3.05) is 10.8 Å². The predicted octanol–water partition coefficient (Wildman–Crippen LogP) is 5.89. The number of amides is 1. The first kappa shape index (κ1) is 28.4. The first-order chi connectivity index (χ1) is 19.4. The van der Waals surface area contributed by atoms with Crippen LogP contribution in [0.3, 0.4) is 0 Å². The standard InChI is InChI=1S/C33H35N3O4S/c1-23-16-18-27(19-17-23)41(39,40)36(25-11-9-10-24(20-25)32(38)34-33(2,3)4)22-26(37)21-35-30-14-7-5-12-28(30)29-13-6-8-15-31(29)35/h5-20,26,37H,21-22H2,1-4H3,(H,34,38). The molecule has 1 atom stereocenters. The van der Waals surface area contributed by atoms with Crippen molar-refractivity contribution in [3.05, 3.63) is 108 Å². The van der Waals surface area contributed by atoms with Crippen LogP contribution >= 0.6 is 0 Å². The van der Waals surface area contributed by atoms with Crippen LogP contribution in [0.15, 0.2) is 102 Å². The highest BCUT2D eigenvalue weighted by Crippen LogP contribution is 2.30. The fourth-order valence-electron chi connectivity index (χ4n) is 5.05. The van der Waals surface area contributed by atoms with Crippen LogP contribution in [0.1, 0.15) is 36.7 Å². The third-order valence-corrected chi connectivity index (χ3v) is 8.75. The number of aromatic nitrogens is 1. The summed E-state index contributed by atoms with van der Waals surface area (Å²) in [4.78, 5) is 13.1. The van der Waals surface area contributed by atoms with Crippen molar-refractivity contribution in [3.63, 3.8) is 0 Å². The van der Waals surface area contributed by atoms with E-state index in [1.807, 2.05) is 80.8 Å². The number of nitrogens with zero attached hydrogens (tertiary/aromatic N) is 2. The van der Waals surface area contributed by atoms with E-state index < -0.39 is 21.7 Å². The fraction of sp³-hybridized carbons (Fsp3) is 0.242. The summed E-state index contributed by atoms with van der Waals surface area (Å²) in [6.07, 6.45) is -1.05. The van der Waals surface area contributed by atoms with E-state index in [0.29, 0.717) is 11.3 Å². The molecule has 1 heterocycles. The number of carbonyl (C=O) groups excluding carboxylic acids is 1. The van der Waals surface area contributed by atoms with Gasteiger partial charge in [0, 0.05) is 32.9 Å². The van der Waals surface area contributed by atoms with Gasteiger partial charge >= 0.3 is 0 Å². The molecule has 41 heavy (non-hydrogen) atoms. The number of aliphatic hydroxyl groups excluding tert-OH is 1. The van der Waals surface area contributed by atoms with Crippen molar-refractivity contribution in [3.8, 4) is 0 Å². The molecule has 4 aromatic carbocycles. The SMILES string of the molecule is Cc1ccc(S(=O)(=O)N(CC(O)Cn2c3ccccc3c3ccccc32)c2cccc(C(=O)NC(C)(C)C)c2)cc1. The quantitative estimate of drug-likeness (QED) is 0.244. The number of hydrogen-bond acceptors (Lipinski definition) is 4. The predicted molar refractivity (Wildman–Crippen MR) is 165 cm³/mol. The number of aryl methyl sites for hydroxylation is 1. The third kappa shape index (κ3) is 5.99. The molecule has 0 bridgehead atoms. The highest BCUT2D eigenvalue weighted by atomic mass is 32.2. The molecule has 0 aliphatic carbocycles. The number of rotatable bonds is 8. The largest absolute Gasteiger partial charge is 0.389 e. The van der Waals surface area contributed by atoms with Gasteiger partial charge in [0.05, 0.1) is 29.8 Å². The average Bonchev–Trinajstić information content (AvgIpc) is 3.24. The van der Waals surface area contributed by atoms with E-state index in [1.54, 1.807) is 48.5 Å². The van der Waals surface area contributed by atoms with E-state index >= 15 is 0 Å². The van der Waals surface area contributed by atoms with Gasteiger partial charge < -0.3 is 15.0 Å². The monoisotopic (exact) mass is 569 g/mol. The number of benzene rings is 4. The van der Waals surface area contributed by atoms with Gasteiger partial charge in [-0.15, -0.1) is 0 Å². The van der Waals surface area contributed by atoms with Crippen LogP contribution < -0.4 is 9.62 Å². The summed E-state index contributed by atoms with van der Waals surface area (Å²) in [7, 11) is -4.08. The Morgan fingerprint density at radius 1 is 0.878 bits per heavy atom. The minimum Gasteiger partial charge on any atom is -0.389 e. The van der Waals surface area contributed by atoms with Gasteiger partial charge in [-0.3, -0.25) is 9.10 Å². The molecule has 1 aromatic heterocycles. The lowest BCUT2D eigenvalue weighted by atomic mass is 10.1. The van der Waals surface area contributed by atoms with Crippen LogP contribution in [0.5, 0.6) is 0 Å². The van der Waals surface area contributed by atoms with E-state index in [0.717, 1.165) is 27.4 Å². The van der Waals surface area contributed by atoms with Crippen LogP contribution in [0, 0.1) is 6.92 Å². The van der Waals surface area contributed by atoms with Gasteiger partial charge in [-0.25, -0.2) is 8.42 Å². The summed E-state index contributed by atoms with van der Waals surface area (Å²) in [5, 5.41) is 16.5. The van der Waals surface area contributed by atoms with Gasteiger partial charge in [0.15, 0.2) is 0 Å². The summed E-state index contributed by atoms with van der Waals surface area (Å²) in [6, 6.07) is 29.1. The molecule has 0 aliphatic heterocycles. The second-order valence-electron chi connectivity index (χ2n) is 11.4. The maximum absolute atomic E-state index is 14.0. The molecular formula is C33H35N3O4S. The van der Waals surface area contributed by atoms with E-state index in [1.165, 1.54) is 4.31 Å². The van der Waals surface area contributed by atoms with E-state index in [-0.39, 0.29) is 23.9 Å². The van der Waals surface area contributed by atoms with Crippen molar-refractivity contribution >= 4 is 43.4 Å². The Bertz CT molecular complexity index is 1770. The molecule has 5 aromatic rings. The second kappa shape index (κ2) is 11.0. The number of hydrogen-bond donors (Lipinski definition) is 2. The van der Waals surface area contributed by atoms with Gasteiger partial charge in [0.2, 0.25) is 0 Å². The smallest absolute Gasteiger partial charge is 0.264 e. The van der Waals surface area contributed by atoms with E-state index in [2.05, 4.69) is 5.32 Å². The highest BCUT2D eigenvalue weighted by molar-refractivity contribution is 7.92. The van der Waals surface area contributed by atoms with Crippen LogP contribution in [-0.4, -0.2) is 42.2 Å². The molecule has 5 rings (SSSR count). The molecule has 2 N–H and O–H groups in total. The molecule has 1 unspecified atom stereocenters. The minimum absolute atomic E-state index is 0.108. The lowest BCUT2D eigenvalue weighted by Crippen LogP contribution is -2.41. The highest BCUT2D eigenvalue weighted by Gasteiger charge is 2.29. The molecule has 0 spiro atoms. The average molecular weight is 570 g/mol. The molecule has 0 fully saturated rings. The topological polar surface area (TPSA) is 91.6 Å². The molecule has 0 aliphatic rings. The summed E-state index contributed by atoms with van der Waals surface area (Å²) >= 11 is 0. The Kier molecular flexibility index (Phi) is 7.64. The maximum Gasteiger partial charge on any atom is 0.264 e. The van der Waals surface area contributed by atoms with Crippen LogP contribution in [0.4, 0.5) is 5.69 Å². The molecule has 7 nitrogen and oxygen atoms in total. The minimum atomic E-state index is -4.08. The fourth-order valence-corrected chi connectivity index (χ4v) is 6.55. The second-order valence-corrected chi connectivity index (χ2v) is 13.3. The lowest BCUT2D eigenvalue weighted by Gasteiger charge is -2.28. The zero-order valence-electron chi connectivity index (χ0n) is 23.7. The Balaban J connectivity index is 1.54. The first-order valence-electron chi connectivity index (χ1n) is 13.6. The molecule has 1 amide bonds. The molecular weight excluding hydrogens is 534 g/mol. The Hall–Kier alpha value is -4.14. The number of sulfonamides is 1. The van der Waals surface area contributed by atoms with Gasteiger partial charge in [0.25, 0.3) is 15.9 Å². The first-order valence-corrected chi connectivity index (χ1v) is 15.0. The van der Waals surface area contributed by atoms with Crippen molar-refractivity contribution < 1.29 is 18.3 Å². The number of fused-ring (bicyclic) bond motifs is 3. The zero-order chi connectivity index (χ0) is 29.4. The Labute approximate surface area is 241 Å². The Morgan fingerprint density at radius 3 is 2.05 bits per heavy atom. The van der Waals surface area contributed by atoms with Crippen LogP contribution in [-0.2, 0) is 16.6 Å². The van der Waals surface area contributed by atoms with Gasteiger partial charge in [-0.05, 0) is 70.2 Å². The van der Waals surface area contributed by atoms with Crippen molar-refractivity contribution in [1.29, 1.82) is 0 Å². The van der Waals surface area contributed by atoms with Crippen LogP contribution in [0.25, 0.3) is 21.8 Å². The third-order valence-electron chi connectivity index (χ3n) is 6.94.